The molecule has 0 aromatic carbocycles. The van der Waals surface area contributed by atoms with Gasteiger partial charge >= 0.3 is 0 Å². The second kappa shape index (κ2) is 4.62. The van der Waals surface area contributed by atoms with Crippen molar-refractivity contribution in [1.82, 2.24) is 5.32 Å². The Kier molecular flexibility index (Phi) is 3.46. The van der Waals surface area contributed by atoms with Crippen LogP contribution >= 0.6 is 11.8 Å². The van der Waals surface area contributed by atoms with Crippen LogP contribution in [-0.4, -0.2) is 36.6 Å². The van der Waals surface area contributed by atoms with Crippen LogP contribution in [0.5, 0.6) is 0 Å². The lowest BCUT2D eigenvalue weighted by molar-refractivity contribution is -0.0910. The van der Waals surface area contributed by atoms with E-state index in [0.717, 1.165) is 18.6 Å². The number of hydrogen-bond donors (Lipinski definition) is 1. The highest BCUT2D eigenvalue weighted by molar-refractivity contribution is 7.99. The van der Waals surface area contributed by atoms with Gasteiger partial charge in [-0.25, -0.2) is 4.39 Å². The van der Waals surface area contributed by atoms with Gasteiger partial charge in [0.25, 0.3) is 0 Å². The maximum absolute atomic E-state index is 13.2. The average molecular weight is 205 g/mol. The molecule has 2 aliphatic rings. The molecule has 1 N–H and O–H groups in total. The summed E-state index contributed by atoms with van der Waals surface area (Å²) in [6.45, 7) is 0.582. The maximum Gasteiger partial charge on any atom is 0.214 e. The molecule has 0 spiro atoms. The van der Waals surface area contributed by atoms with Gasteiger partial charge in [0, 0.05) is 11.8 Å². The van der Waals surface area contributed by atoms with Crippen LogP contribution in [-0.2, 0) is 4.74 Å². The molecular weight excluding hydrogens is 189 g/mol. The minimum Gasteiger partial charge on any atom is -0.347 e. The molecular formula is C9H16FNOS. The molecule has 0 radical (unpaired) electrons. The fourth-order valence-electron chi connectivity index (χ4n) is 1.87. The Bertz CT molecular complexity index is 164. The Morgan fingerprint density at radius 1 is 1.38 bits per heavy atom. The van der Waals surface area contributed by atoms with Crippen LogP contribution in [0.25, 0.3) is 0 Å². The minimum absolute atomic E-state index is 0.0579. The molecule has 2 fully saturated rings. The lowest BCUT2D eigenvalue weighted by Gasteiger charge is -2.29. The molecule has 3 atom stereocenters. The monoisotopic (exact) mass is 205 g/mol. The molecule has 2 rings (SSSR count). The van der Waals surface area contributed by atoms with E-state index in [9.17, 15) is 4.39 Å². The van der Waals surface area contributed by atoms with Gasteiger partial charge in [0.2, 0.25) is 6.36 Å². The summed E-state index contributed by atoms with van der Waals surface area (Å²) in [5.41, 5.74) is 0. The van der Waals surface area contributed by atoms with Crippen molar-refractivity contribution < 1.29 is 9.13 Å². The van der Waals surface area contributed by atoms with E-state index >= 15 is 0 Å². The molecule has 0 bridgehead atoms. The van der Waals surface area contributed by atoms with Gasteiger partial charge in [-0.1, -0.05) is 0 Å². The van der Waals surface area contributed by atoms with Gasteiger partial charge in [0.1, 0.15) is 0 Å². The highest BCUT2D eigenvalue weighted by Gasteiger charge is 2.28. The second-order valence-corrected chi connectivity index (χ2v) is 4.85. The lowest BCUT2D eigenvalue weighted by Crippen LogP contribution is -2.47. The van der Waals surface area contributed by atoms with Crippen LogP contribution < -0.4 is 5.32 Å². The fraction of sp³-hybridized carbons (Fsp3) is 1.00. The first-order valence-electron chi connectivity index (χ1n) is 4.96. The largest absolute Gasteiger partial charge is 0.347 e. The predicted octanol–water partition coefficient (Wildman–Crippen LogP) is 1.56. The van der Waals surface area contributed by atoms with E-state index in [1.54, 1.807) is 0 Å². The van der Waals surface area contributed by atoms with Crippen LogP contribution in [0.2, 0.25) is 0 Å². The van der Waals surface area contributed by atoms with E-state index < -0.39 is 6.36 Å². The average Bonchev–Trinajstić information content (AvgIpc) is 2.61. The van der Waals surface area contributed by atoms with Crippen molar-refractivity contribution >= 4 is 11.8 Å². The molecule has 2 aliphatic heterocycles. The SMILES string of the molecule is FC1OCCCC1NC1CCSC1. The predicted molar refractivity (Wildman–Crippen MR) is 52.7 cm³/mol. The number of alkyl halides is 1. The fourth-order valence-corrected chi connectivity index (χ4v) is 3.04. The molecule has 2 saturated heterocycles. The zero-order valence-corrected chi connectivity index (χ0v) is 8.49. The van der Waals surface area contributed by atoms with Crippen molar-refractivity contribution in [3.8, 4) is 0 Å². The van der Waals surface area contributed by atoms with Gasteiger partial charge in [-0.05, 0) is 25.0 Å². The Labute approximate surface area is 82.6 Å². The van der Waals surface area contributed by atoms with Crippen LogP contribution in [0.15, 0.2) is 0 Å². The van der Waals surface area contributed by atoms with Crippen molar-refractivity contribution in [2.75, 3.05) is 18.1 Å². The molecule has 0 aromatic heterocycles. The first-order chi connectivity index (χ1) is 6.36. The van der Waals surface area contributed by atoms with E-state index in [1.165, 1.54) is 12.2 Å². The molecule has 4 heteroatoms. The van der Waals surface area contributed by atoms with E-state index in [0.29, 0.717) is 12.6 Å². The summed E-state index contributed by atoms with van der Waals surface area (Å²) in [6, 6.07) is 0.451. The minimum atomic E-state index is -1.08. The molecule has 0 amide bonds. The quantitative estimate of drug-likeness (QED) is 0.739. The number of rotatable bonds is 2. The first-order valence-corrected chi connectivity index (χ1v) is 6.11. The van der Waals surface area contributed by atoms with Crippen molar-refractivity contribution in [1.29, 1.82) is 0 Å². The summed E-state index contributed by atoms with van der Waals surface area (Å²) in [5.74, 6) is 2.34. The Balaban J connectivity index is 1.78. The van der Waals surface area contributed by atoms with Crippen molar-refractivity contribution in [3.05, 3.63) is 0 Å². The number of halogens is 1. The van der Waals surface area contributed by atoms with Gasteiger partial charge < -0.3 is 10.1 Å². The van der Waals surface area contributed by atoms with Crippen molar-refractivity contribution in [3.63, 3.8) is 0 Å². The topological polar surface area (TPSA) is 21.3 Å². The summed E-state index contributed by atoms with van der Waals surface area (Å²) >= 11 is 1.95. The van der Waals surface area contributed by atoms with E-state index in [4.69, 9.17) is 4.74 Å². The highest BCUT2D eigenvalue weighted by atomic mass is 32.2. The van der Waals surface area contributed by atoms with Crippen LogP contribution in [0, 0.1) is 0 Å². The smallest absolute Gasteiger partial charge is 0.214 e. The standard InChI is InChI=1S/C9H16FNOS/c10-9-8(2-1-4-12-9)11-7-3-5-13-6-7/h7-9,11H,1-6H2. The summed E-state index contributed by atoms with van der Waals surface area (Å²) < 4.78 is 18.2. The van der Waals surface area contributed by atoms with Crippen LogP contribution in [0.1, 0.15) is 19.3 Å². The maximum atomic E-state index is 13.2. The van der Waals surface area contributed by atoms with E-state index in [-0.39, 0.29) is 6.04 Å². The molecule has 13 heavy (non-hydrogen) atoms. The van der Waals surface area contributed by atoms with Gasteiger partial charge in [-0.2, -0.15) is 11.8 Å². The van der Waals surface area contributed by atoms with Crippen molar-refractivity contribution in [2.45, 2.75) is 37.7 Å². The van der Waals surface area contributed by atoms with Crippen molar-refractivity contribution in [2.24, 2.45) is 0 Å². The van der Waals surface area contributed by atoms with Crippen LogP contribution in [0.3, 0.4) is 0 Å². The molecule has 76 valence electrons. The third-order valence-electron chi connectivity index (χ3n) is 2.63. The lowest BCUT2D eigenvalue weighted by atomic mass is 10.1. The number of thioether (sulfide) groups is 1. The summed E-state index contributed by atoms with van der Waals surface area (Å²) in [4.78, 5) is 0. The molecule has 2 heterocycles. The summed E-state index contributed by atoms with van der Waals surface area (Å²) in [7, 11) is 0. The molecule has 0 aliphatic carbocycles. The molecule has 2 nitrogen and oxygen atoms in total. The third kappa shape index (κ3) is 2.58. The zero-order valence-electron chi connectivity index (χ0n) is 7.67. The van der Waals surface area contributed by atoms with E-state index in [2.05, 4.69) is 5.32 Å². The molecule has 3 unspecified atom stereocenters. The number of ether oxygens (including phenoxy) is 1. The summed E-state index contributed by atoms with van der Waals surface area (Å²) in [5, 5.41) is 3.35. The van der Waals surface area contributed by atoms with E-state index in [1.807, 2.05) is 11.8 Å². The Morgan fingerprint density at radius 2 is 2.31 bits per heavy atom. The Hall–Kier alpha value is 0.200. The van der Waals surface area contributed by atoms with Gasteiger partial charge in [0.15, 0.2) is 0 Å². The van der Waals surface area contributed by atoms with Gasteiger partial charge in [0.05, 0.1) is 12.6 Å². The third-order valence-corrected chi connectivity index (χ3v) is 3.79. The Morgan fingerprint density at radius 3 is 3.00 bits per heavy atom. The van der Waals surface area contributed by atoms with Gasteiger partial charge in [-0.15, -0.1) is 0 Å². The highest BCUT2D eigenvalue weighted by Crippen LogP contribution is 2.21. The first kappa shape index (κ1) is 9.74. The number of hydrogen-bond acceptors (Lipinski definition) is 3. The number of nitrogens with one attached hydrogen (secondary N) is 1. The molecule has 0 aromatic rings. The normalized spacial score (nSPS) is 40.8. The second-order valence-electron chi connectivity index (χ2n) is 3.70. The van der Waals surface area contributed by atoms with Gasteiger partial charge in [-0.3, -0.25) is 0 Å². The summed E-state index contributed by atoms with van der Waals surface area (Å²) in [6.07, 6.45) is 1.99. The van der Waals surface area contributed by atoms with Crippen LogP contribution in [0.4, 0.5) is 4.39 Å². The molecule has 0 saturated carbocycles. The zero-order chi connectivity index (χ0) is 9.10.